The van der Waals surface area contributed by atoms with Gasteiger partial charge in [0.05, 0.1) is 36.0 Å². The molecule has 0 aromatic carbocycles. The normalized spacial score (nSPS) is 24.0. The van der Waals surface area contributed by atoms with Gasteiger partial charge in [-0.1, -0.05) is 12.8 Å². The zero-order valence-corrected chi connectivity index (χ0v) is 13.7. The molecule has 2 unspecified atom stereocenters. The second-order valence-electron chi connectivity index (χ2n) is 6.70. The summed E-state index contributed by atoms with van der Waals surface area (Å²) < 4.78 is 1.84. The number of fused-ring (bicyclic) bond motifs is 1. The fraction of sp³-hybridized carbons (Fsp3) is 0.471. The maximum absolute atomic E-state index is 11.9. The zero-order valence-electron chi connectivity index (χ0n) is 13.7. The third-order valence-corrected chi connectivity index (χ3v) is 5.21. The summed E-state index contributed by atoms with van der Waals surface area (Å²) in [6.45, 7) is 0. The Kier molecular flexibility index (Phi) is 3.84. The highest BCUT2D eigenvalue weighted by atomic mass is 16.3. The van der Waals surface area contributed by atoms with E-state index in [-0.39, 0.29) is 17.8 Å². The van der Waals surface area contributed by atoms with Gasteiger partial charge in [0.15, 0.2) is 0 Å². The molecule has 4 rings (SSSR count). The van der Waals surface area contributed by atoms with E-state index in [2.05, 4.69) is 27.1 Å². The lowest BCUT2D eigenvalue weighted by molar-refractivity contribution is 0.240. The molecule has 8 nitrogen and oxygen atoms in total. The van der Waals surface area contributed by atoms with Gasteiger partial charge in [-0.25, -0.2) is 4.79 Å². The maximum atomic E-state index is 11.9. The zero-order chi connectivity index (χ0) is 17.4. The molecule has 0 radical (unpaired) electrons. The van der Waals surface area contributed by atoms with E-state index in [1.807, 2.05) is 10.9 Å². The van der Waals surface area contributed by atoms with Crippen LogP contribution in [0.4, 0.5) is 4.79 Å². The van der Waals surface area contributed by atoms with Crippen molar-refractivity contribution >= 4 is 11.7 Å². The molecule has 3 heterocycles. The molecule has 1 aromatic heterocycles. The van der Waals surface area contributed by atoms with Crippen LogP contribution in [0, 0.1) is 17.2 Å². The summed E-state index contributed by atoms with van der Waals surface area (Å²) in [5, 5.41) is 32.1. The number of urea groups is 1. The monoisotopic (exact) mass is 340 g/mol. The Hall–Kier alpha value is -2.95. The minimum atomic E-state index is -0.447. The topological polar surface area (TPSA) is 115 Å². The quantitative estimate of drug-likeness (QED) is 0.668. The molecule has 2 atom stereocenters. The summed E-state index contributed by atoms with van der Waals surface area (Å²) in [7, 11) is 0. The first kappa shape index (κ1) is 15.6. The van der Waals surface area contributed by atoms with Crippen LogP contribution in [0.25, 0.3) is 5.70 Å². The van der Waals surface area contributed by atoms with Gasteiger partial charge in [-0.3, -0.25) is 4.68 Å². The lowest BCUT2D eigenvalue weighted by Crippen LogP contribution is -2.51. The number of amides is 2. The van der Waals surface area contributed by atoms with Crippen molar-refractivity contribution in [3.05, 3.63) is 35.5 Å². The van der Waals surface area contributed by atoms with E-state index < -0.39 is 6.17 Å². The highest BCUT2D eigenvalue weighted by Crippen LogP contribution is 2.36. The number of nitrogens with zero attached hydrogens (tertiary/aromatic N) is 3. The minimum absolute atomic E-state index is 0.0471. The van der Waals surface area contributed by atoms with Crippen LogP contribution in [0.3, 0.4) is 0 Å². The van der Waals surface area contributed by atoms with Crippen molar-refractivity contribution in [2.24, 2.45) is 5.92 Å². The van der Waals surface area contributed by atoms with Crippen LogP contribution < -0.4 is 16.0 Å². The van der Waals surface area contributed by atoms with E-state index in [1.165, 1.54) is 19.0 Å². The largest absolute Gasteiger partial charge is 0.506 e. The maximum Gasteiger partial charge on any atom is 0.321 e. The van der Waals surface area contributed by atoms with Gasteiger partial charge in [-0.15, -0.1) is 0 Å². The third-order valence-electron chi connectivity index (χ3n) is 5.21. The van der Waals surface area contributed by atoms with Crippen LogP contribution >= 0.6 is 0 Å². The van der Waals surface area contributed by atoms with Gasteiger partial charge >= 0.3 is 6.03 Å². The van der Waals surface area contributed by atoms with Gasteiger partial charge in [0.2, 0.25) is 0 Å². The minimum Gasteiger partial charge on any atom is -0.506 e. The van der Waals surface area contributed by atoms with E-state index in [1.54, 1.807) is 6.20 Å². The Morgan fingerprint density at radius 3 is 3.00 bits per heavy atom. The Bertz CT molecular complexity index is 796. The number of hydrogen-bond donors (Lipinski definition) is 4. The van der Waals surface area contributed by atoms with E-state index >= 15 is 0 Å². The number of rotatable bonds is 4. The summed E-state index contributed by atoms with van der Waals surface area (Å²) in [5.41, 5.74) is 1.86. The molecule has 1 aliphatic carbocycles. The Morgan fingerprint density at radius 2 is 2.24 bits per heavy atom. The summed E-state index contributed by atoms with van der Waals surface area (Å²) >= 11 is 0. The average molecular weight is 340 g/mol. The van der Waals surface area contributed by atoms with Crippen molar-refractivity contribution < 1.29 is 9.90 Å². The predicted octanol–water partition coefficient (Wildman–Crippen LogP) is 1.88. The number of nitrogens with one attached hydrogen (secondary N) is 3. The molecule has 1 saturated carbocycles. The van der Waals surface area contributed by atoms with Crippen LogP contribution in [-0.4, -0.2) is 27.1 Å². The number of nitriles is 1. The number of hydrogen-bond acceptors (Lipinski definition) is 5. The summed E-state index contributed by atoms with van der Waals surface area (Å²) in [5.74, 6) is 0.548. The lowest BCUT2D eigenvalue weighted by Gasteiger charge is -2.25. The van der Waals surface area contributed by atoms with Gasteiger partial charge in [0.25, 0.3) is 0 Å². The van der Waals surface area contributed by atoms with Crippen molar-refractivity contribution in [2.45, 2.75) is 44.3 Å². The van der Waals surface area contributed by atoms with Gasteiger partial charge in [-0.2, -0.15) is 10.4 Å². The highest BCUT2D eigenvalue weighted by molar-refractivity contribution is 5.91. The van der Waals surface area contributed by atoms with E-state index in [0.29, 0.717) is 23.6 Å². The van der Waals surface area contributed by atoms with Crippen LogP contribution in [0.15, 0.2) is 29.9 Å². The first-order chi connectivity index (χ1) is 12.2. The molecule has 0 spiro atoms. The molecule has 25 heavy (non-hydrogen) atoms. The van der Waals surface area contributed by atoms with Crippen LogP contribution in [0.1, 0.15) is 43.7 Å². The van der Waals surface area contributed by atoms with E-state index in [9.17, 15) is 15.2 Å². The summed E-state index contributed by atoms with van der Waals surface area (Å²) in [6.07, 6.45) is 9.60. The SMILES string of the molecule is N#CCC(C1CCCC1)n1cc(C2=C3C(O)=CNC3NC(=O)N2)cn1. The molecule has 4 N–H and O–H groups in total. The number of carbonyl (C=O) groups is 1. The number of aliphatic hydroxyl groups is 1. The van der Waals surface area contributed by atoms with Crippen molar-refractivity contribution in [2.75, 3.05) is 0 Å². The van der Waals surface area contributed by atoms with Gasteiger partial charge in [0, 0.05) is 18.0 Å². The number of aliphatic hydroxyl groups excluding tert-OH is 1. The van der Waals surface area contributed by atoms with E-state index in [4.69, 9.17) is 0 Å². The van der Waals surface area contributed by atoms with Crippen molar-refractivity contribution in [1.82, 2.24) is 25.7 Å². The summed E-state index contributed by atoms with van der Waals surface area (Å²) in [6, 6.07) is 1.98. The van der Waals surface area contributed by atoms with Gasteiger partial charge in [0.1, 0.15) is 11.9 Å². The fourth-order valence-electron chi connectivity index (χ4n) is 3.99. The molecule has 130 valence electrons. The van der Waals surface area contributed by atoms with Crippen molar-refractivity contribution in [3.8, 4) is 6.07 Å². The third kappa shape index (κ3) is 2.71. The summed E-state index contributed by atoms with van der Waals surface area (Å²) in [4.78, 5) is 11.9. The van der Waals surface area contributed by atoms with Crippen molar-refractivity contribution in [1.29, 1.82) is 5.26 Å². The lowest BCUT2D eigenvalue weighted by atomic mass is 9.96. The van der Waals surface area contributed by atoms with Crippen LogP contribution in [0.5, 0.6) is 0 Å². The Morgan fingerprint density at radius 1 is 1.44 bits per heavy atom. The molecule has 1 aromatic rings. The number of aromatic nitrogens is 2. The standard InChI is InChI=1S/C17H20N6O2/c18-6-5-12(10-3-1-2-4-10)23-9-11(7-20-23)15-14-13(24)8-19-16(14)22-17(25)21-15/h7-10,12,16,19,24H,1-5H2,(H2,21,22,25). The van der Waals surface area contributed by atoms with Gasteiger partial charge < -0.3 is 21.1 Å². The molecular formula is C17H20N6O2. The fourth-order valence-corrected chi connectivity index (χ4v) is 3.99. The molecule has 0 saturated heterocycles. The second kappa shape index (κ2) is 6.16. The van der Waals surface area contributed by atoms with Crippen LogP contribution in [-0.2, 0) is 0 Å². The molecular weight excluding hydrogens is 320 g/mol. The van der Waals surface area contributed by atoms with Gasteiger partial charge in [-0.05, 0) is 18.8 Å². The molecule has 1 fully saturated rings. The molecule has 2 aliphatic heterocycles. The highest BCUT2D eigenvalue weighted by Gasteiger charge is 2.34. The van der Waals surface area contributed by atoms with Crippen molar-refractivity contribution in [3.63, 3.8) is 0 Å². The smallest absolute Gasteiger partial charge is 0.321 e. The molecule has 2 amide bonds. The average Bonchev–Trinajstić information content (AvgIpc) is 3.33. The van der Waals surface area contributed by atoms with Crippen LogP contribution in [0.2, 0.25) is 0 Å². The van der Waals surface area contributed by atoms with E-state index in [0.717, 1.165) is 18.4 Å². The first-order valence-electron chi connectivity index (χ1n) is 8.56. The second-order valence-corrected chi connectivity index (χ2v) is 6.70. The molecule has 8 heteroatoms. The Balaban J connectivity index is 1.68. The predicted molar refractivity (Wildman–Crippen MR) is 89.7 cm³/mol. The first-order valence-corrected chi connectivity index (χ1v) is 8.56. The molecule has 3 aliphatic rings. The Labute approximate surface area is 145 Å². The number of carbonyl (C=O) groups excluding carboxylic acids is 1. The molecule has 0 bridgehead atoms.